The smallest absolute Gasteiger partial charge is 0.262 e. The number of benzene rings is 2. The molecule has 4 rings (SSSR count). The molecule has 0 radical (unpaired) electrons. The maximum absolute atomic E-state index is 13.3. The first-order chi connectivity index (χ1) is 15.5. The van der Waals surface area contributed by atoms with Crippen molar-refractivity contribution in [2.45, 2.75) is 31.7 Å². The van der Waals surface area contributed by atoms with Gasteiger partial charge in [0.05, 0.1) is 28.5 Å². The number of nitrogens with one attached hydrogen (secondary N) is 1. The zero-order valence-corrected chi connectivity index (χ0v) is 18.3. The van der Waals surface area contributed by atoms with Gasteiger partial charge in [-0.2, -0.15) is 0 Å². The molecule has 2 aromatic rings. The van der Waals surface area contributed by atoms with Gasteiger partial charge in [0.25, 0.3) is 11.8 Å². The van der Waals surface area contributed by atoms with E-state index in [9.17, 15) is 19.5 Å². The number of anilines is 1. The summed E-state index contributed by atoms with van der Waals surface area (Å²) in [7, 11) is 0. The molecule has 0 aromatic heterocycles. The molecule has 2 N–H and O–H groups in total. The van der Waals surface area contributed by atoms with Crippen molar-refractivity contribution in [3.63, 3.8) is 0 Å². The lowest BCUT2D eigenvalue weighted by Gasteiger charge is -2.40. The summed E-state index contributed by atoms with van der Waals surface area (Å²) < 4.78 is 0. The Labute approximate surface area is 191 Å². The molecular weight excluding hydrogens is 428 g/mol. The lowest BCUT2D eigenvalue weighted by molar-refractivity contribution is -0.115. The number of carbonyl (C=O) groups is 3. The number of rotatable bonds is 5. The first-order valence-corrected chi connectivity index (χ1v) is 11.2. The van der Waals surface area contributed by atoms with Crippen LogP contribution in [0.25, 0.3) is 0 Å². The Hall–Kier alpha value is -2.96. The van der Waals surface area contributed by atoms with Crippen LogP contribution in [-0.2, 0) is 4.79 Å². The normalized spacial score (nSPS) is 22.1. The molecule has 0 bridgehead atoms. The number of amides is 2. The average Bonchev–Trinajstić information content (AvgIpc) is 2.81. The van der Waals surface area contributed by atoms with E-state index in [2.05, 4.69) is 5.32 Å². The van der Waals surface area contributed by atoms with Crippen LogP contribution in [-0.4, -0.2) is 41.9 Å². The van der Waals surface area contributed by atoms with Gasteiger partial charge in [0.15, 0.2) is 0 Å². The molecule has 1 aliphatic heterocycles. The fourth-order valence-electron chi connectivity index (χ4n) is 4.65. The topological polar surface area (TPSA) is 86.7 Å². The zero-order valence-electron chi connectivity index (χ0n) is 17.6. The summed E-state index contributed by atoms with van der Waals surface area (Å²) in [5.74, 6) is -0.765. The summed E-state index contributed by atoms with van der Waals surface area (Å²) in [4.78, 5) is 40.2. The maximum atomic E-state index is 13.3. The Morgan fingerprint density at radius 3 is 2.66 bits per heavy atom. The molecule has 1 fully saturated rings. The number of fused-ring (bicyclic) bond motifs is 1. The third-order valence-corrected chi connectivity index (χ3v) is 6.49. The first-order valence-electron chi connectivity index (χ1n) is 10.8. The Balaban J connectivity index is 1.54. The van der Waals surface area contributed by atoms with Crippen molar-refractivity contribution in [2.24, 2.45) is 5.92 Å². The molecule has 2 unspecified atom stereocenters. The van der Waals surface area contributed by atoms with Crippen molar-refractivity contribution < 1.29 is 19.5 Å². The maximum Gasteiger partial charge on any atom is 0.262 e. The van der Waals surface area contributed by atoms with Crippen LogP contribution in [0.4, 0.5) is 5.69 Å². The minimum Gasteiger partial charge on any atom is -0.392 e. The summed E-state index contributed by atoms with van der Waals surface area (Å²) in [6.07, 6.45) is 4.61. The molecule has 1 aliphatic carbocycles. The summed E-state index contributed by atoms with van der Waals surface area (Å²) in [5, 5.41) is 12.6. The number of halogens is 1. The predicted octanol–water partition coefficient (Wildman–Crippen LogP) is 3.78. The highest BCUT2D eigenvalue weighted by Crippen LogP contribution is 2.39. The fraction of sp³-hybridized carbons (Fsp3) is 0.320. The van der Waals surface area contributed by atoms with E-state index in [0.29, 0.717) is 29.8 Å². The molecule has 1 heterocycles. The van der Waals surface area contributed by atoms with Crippen LogP contribution < -0.4 is 10.2 Å². The molecule has 166 valence electrons. The molecular formula is C25H25ClN2O4. The summed E-state index contributed by atoms with van der Waals surface area (Å²) in [6, 6.07) is 14.1. The summed E-state index contributed by atoms with van der Waals surface area (Å²) in [5.41, 5.74) is 1.38. The van der Waals surface area contributed by atoms with E-state index in [4.69, 9.17) is 11.6 Å². The molecule has 32 heavy (non-hydrogen) atoms. The molecule has 0 saturated heterocycles. The number of ketones is 1. The van der Waals surface area contributed by atoms with Gasteiger partial charge in [-0.1, -0.05) is 42.3 Å². The van der Waals surface area contributed by atoms with Gasteiger partial charge in [-0.15, -0.1) is 0 Å². The molecule has 7 heteroatoms. The van der Waals surface area contributed by atoms with Gasteiger partial charge in [0, 0.05) is 18.2 Å². The van der Waals surface area contributed by atoms with Gasteiger partial charge in [-0.25, -0.2) is 0 Å². The first kappa shape index (κ1) is 22.2. The Bertz CT molecular complexity index is 1070. The molecule has 1 saturated carbocycles. The number of nitrogens with zero attached hydrogens (tertiary/aromatic N) is 1. The third kappa shape index (κ3) is 4.33. The summed E-state index contributed by atoms with van der Waals surface area (Å²) in [6.45, 7) is 0.117. The van der Waals surface area contributed by atoms with E-state index < -0.39 is 18.3 Å². The standard InChI is InChI=1S/C25H25ClN2O4/c26-20-10-5-11-21-22(20)23(30)19(12-13-29)25(32)28(21)18-9-4-6-16(14-18)15-27-24(31)17-7-2-1-3-8-17/h1-3,5,7-8,10-12,16,18,29H,4,6,9,13-15H2,(H,27,31). The molecule has 6 nitrogen and oxygen atoms in total. The van der Waals surface area contributed by atoms with Gasteiger partial charge >= 0.3 is 0 Å². The second-order valence-corrected chi connectivity index (χ2v) is 8.61. The quantitative estimate of drug-likeness (QED) is 0.534. The Morgan fingerprint density at radius 1 is 1.12 bits per heavy atom. The highest BCUT2D eigenvalue weighted by Gasteiger charge is 2.40. The van der Waals surface area contributed by atoms with E-state index in [0.717, 1.165) is 19.3 Å². The monoisotopic (exact) mass is 452 g/mol. The second kappa shape index (κ2) is 9.67. The van der Waals surface area contributed by atoms with Crippen LogP contribution in [0.3, 0.4) is 0 Å². The van der Waals surface area contributed by atoms with E-state index in [-0.39, 0.29) is 28.5 Å². The lowest BCUT2D eigenvalue weighted by atomic mass is 9.82. The fourth-order valence-corrected chi connectivity index (χ4v) is 4.91. The Morgan fingerprint density at radius 2 is 1.91 bits per heavy atom. The van der Waals surface area contributed by atoms with Crippen molar-refractivity contribution in [1.82, 2.24) is 5.32 Å². The van der Waals surface area contributed by atoms with Crippen molar-refractivity contribution in [2.75, 3.05) is 18.1 Å². The van der Waals surface area contributed by atoms with Crippen molar-refractivity contribution in [1.29, 1.82) is 0 Å². The summed E-state index contributed by atoms with van der Waals surface area (Å²) >= 11 is 6.33. The Kier molecular flexibility index (Phi) is 6.72. The molecule has 2 aliphatic rings. The van der Waals surface area contributed by atoms with Gasteiger partial charge in [0.2, 0.25) is 5.78 Å². The molecule has 0 spiro atoms. The number of Topliss-reactive ketones (excluding diaryl/α,β-unsaturated/α-hetero) is 1. The lowest BCUT2D eigenvalue weighted by Crippen LogP contribution is -2.49. The second-order valence-electron chi connectivity index (χ2n) is 8.20. The highest BCUT2D eigenvalue weighted by atomic mass is 35.5. The van der Waals surface area contributed by atoms with E-state index in [1.807, 2.05) is 18.2 Å². The number of hydrogen-bond acceptors (Lipinski definition) is 4. The SMILES string of the molecule is O=C(NCC1CCCC(N2C(=O)C(=CCO)C(=O)c3c(Cl)cccc32)C1)c1ccccc1. The molecule has 2 aromatic carbocycles. The molecule has 2 amide bonds. The predicted molar refractivity (Wildman–Crippen MR) is 123 cm³/mol. The number of aliphatic hydroxyl groups excluding tert-OH is 1. The minimum absolute atomic E-state index is 0.0485. The molecule has 2 atom stereocenters. The van der Waals surface area contributed by atoms with Crippen molar-refractivity contribution in [3.8, 4) is 0 Å². The van der Waals surface area contributed by atoms with Crippen molar-refractivity contribution in [3.05, 3.63) is 76.3 Å². The number of carbonyl (C=O) groups excluding carboxylic acids is 3. The van der Waals surface area contributed by atoms with E-state index in [1.165, 1.54) is 6.08 Å². The van der Waals surface area contributed by atoms with E-state index in [1.54, 1.807) is 35.2 Å². The van der Waals surface area contributed by atoms with Gasteiger partial charge in [-0.3, -0.25) is 14.4 Å². The number of hydrogen-bond donors (Lipinski definition) is 2. The van der Waals surface area contributed by atoms with E-state index >= 15 is 0 Å². The van der Waals surface area contributed by atoms with Gasteiger partial charge in [0.1, 0.15) is 0 Å². The average molecular weight is 453 g/mol. The van der Waals surface area contributed by atoms with Crippen LogP contribution >= 0.6 is 11.6 Å². The minimum atomic E-state index is -0.455. The van der Waals surface area contributed by atoms with Gasteiger partial charge < -0.3 is 15.3 Å². The van der Waals surface area contributed by atoms with Crippen LogP contribution in [0.2, 0.25) is 5.02 Å². The third-order valence-electron chi connectivity index (χ3n) is 6.18. The largest absolute Gasteiger partial charge is 0.392 e. The zero-order chi connectivity index (χ0) is 22.7. The highest BCUT2D eigenvalue weighted by molar-refractivity contribution is 6.41. The van der Waals surface area contributed by atoms with Crippen molar-refractivity contribution >= 4 is 34.9 Å². The number of aliphatic hydroxyl groups is 1. The van der Waals surface area contributed by atoms with Crippen LogP contribution in [0, 0.1) is 5.92 Å². The van der Waals surface area contributed by atoms with Crippen LogP contribution in [0.15, 0.2) is 60.2 Å². The van der Waals surface area contributed by atoms with Gasteiger partial charge in [-0.05, 0) is 55.5 Å². The van der Waals surface area contributed by atoms with Crippen LogP contribution in [0.5, 0.6) is 0 Å². The van der Waals surface area contributed by atoms with Crippen LogP contribution in [0.1, 0.15) is 46.4 Å².